The fourth-order valence-electron chi connectivity index (χ4n) is 5.78. The summed E-state index contributed by atoms with van der Waals surface area (Å²) in [6, 6.07) is 30.1. The normalized spacial score (nSPS) is 15.6. The summed E-state index contributed by atoms with van der Waals surface area (Å²) in [5.74, 6) is 0.345. The Morgan fingerprint density at radius 2 is 1.23 bits per heavy atom. The molecule has 0 radical (unpaired) electrons. The minimum absolute atomic E-state index is 0.0711. The highest BCUT2D eigenvalue weighted by Gasteiger charge is 2.26. The standard InChI is InChI=1S/C34H35N/c1-21-22-11-8-12-23(17-22)28-14-10-16-30-32(28)31-27(21)13-9-15-29(31)35(30)26-19-24(33(2,3)4)18-25(20-26)34(5,6)7/h8-21H,1-7H3. The monoisotopic (exact) mass is 457 g/mol. The molecule has 0 saturated carbocycles. The van der Waals surface area contributed by atoms with Gasteiger partial charge in [-0.05, 0) is 68.5 Å². The number of fused-ring (bicyclic) bond motifs is 3. The molecule has 176 valence electrons. The summed E-state index contributed by atoms with van der Waals surface area (Å²) >= 11 is 0. The average molecular weight is 458 g/mol. The van der Waals surface area contributed by atoms with Gasteiger partial charge >= 0.3 is 0 Å². The van der Waals surface area contributed by atoms with Crippen LogP contribution in [-0.4, -0.2) is 4.57 Å². The molecule has 6 rings (SSSR count). The number of rotatable bonds is 1. The molecule has 5 aromatic rings. The van der Waals surface area contributed by atoms with Gasteiger partial charge in [0.2, 0.25) is 0 Å². The van der Waals surface area contributed by atoms with Crippen LogP contribution in [0.5, 0.6) is 0 Å². The van der Waals surface area contributed by atoms with Gasteiger partial charge in [0.15, 0.2) is 0 Å². The van der Waals surface area contributed by atoms with Gasteiger partial charge in [-0.25, -0.2) is 0 Å². The van der Waals surface area contributed by atoms with E-state index in [1.54, 1.807) is 0 Å². The van der Waals surface area contributed by atoms with Crippen molar-refractivity contribution >= 4 is 21.8 Å². The molecular formula is C34H35N. The van der Waals surface area contributed by atoms with Crippen molar-refractivity contribution < 1.29 is 0 Å². The van der Waals surface area contributed by atoms with Crippen LogP contribution in [0, 0.1) is 0 Å². The molecule has 0 saturated heterocycles. The molecule has 1 atom stereocenters. The predicted molar refractivity (Wildman–Crippen MR) is 151 cm³/mol. The Morgan fingerprint density at radius 1 is 0.629 bits per heavy atom. The van der Waals surface area contributed by atoms with E-state index in [4.69, 9.17) is 0 Å². The Bertz CT molecular complexity index is 1580. The van der Waals surface area contributed by atoms with E-state index in [0.29, 0.717) is 5.92 Å². The van der Waals surface area contributed by atoms with Gasteiger partial charge in [0.1, 0.15) is 0 Å². The second kappa shape index (κ2) is 7.34. The fourth-order valence-corrected chi connectivity index (χ4v) is 5.78. The molecule has 1 heterocycles. The van der Waals surface area contributed by atoms with Crippen LogP contribution >= 0.6 is 0 Å². The summed E-state index contributed by atoms with van der Waals surface area (Å²) in [4.78, 5) is 0. The van der Waals surface area contributed by atoms with Crippen molar-refractivity contribution in [1.82, 2.24) is 4.57 Å². The van der Waals surface area contributed by atoms with Crippen LogP contribution in [0.2, 0.25) is 0 Å². The zero-order valence-electron chi connectivity index (χ0n) is 22.0. The Kier molecular flexibility index (Phi) is 4.65. The first-order valence-corrected chi connectivity index (χ1v) is 12.9. The molecule has 0 fully saturated rings. The first kappa shape index (κ1) is 22.2. The number of aromatic nitrogens is 1. The van der Waals surface area contributed by atoms with Gasteiger partial charge in [-0.3, -0.25) is 0 Å². The average Bonchev–Trinajstić information content (AvgIpc) is 3.16. The smallest absolute Gasteiger partial charge is 0.0547 e. The summed E-state index contributed by atoms with van der Waals surface area (Å²) < 4.78 is 2.52. The highest BCUT2D eigenvalue weighted by Crippen LogP contribution is 2.45. The summed E-state index contributed by atoms with van der Waals surface area (Å²) in [6.07, 6.45) is 0. The highest BCUT2D eigenvalue weighted by molar-refractivity contribution is 6.17. The van der Waals surface area contributed by atoms with Gasteiger partial charge in [0.25, 0.3) is 0 Å². The molecule has 4 aromatic carbocycles. The fraction of sp³-hybridized carbons (Fsp3) is 0.294. The third-order valence-electron chi connectivity index (χ3n) is 7.92. The van der Waals surface area contributed by atoms with E-state index in [2.05, 4.69) is 132 Å². The summed E-state index contributed by atoms with van der Waals surface area (Å²) in [6.45, 7) is 16.3. The molecule has 2 bridgehead atoms. The molecular weight excluding hydrogens is 422 g/mol. The number of hydrogen-bond acceptors (Lipinski definition) is 0. The van der Waals surface area contributed by atoms with Crippen LogP contribution in [0.25, 0.3) is 38.6 Å². The number of nitrogens with zero attached hydrogens (tertiary/aromatic N) is 1. The maximum Gasteiger partial charge on any atom is 0.0547 e. The summed E-state index contributed by atoms with van der Waals surface area (Å²) in [5.41, 5.74) is 12.2. The van der Waals surface area contributed by atoms with Gasteiger partial charge in [0, 0.05) is 22.4 Å². The van der Waals surface area contributed by atoms with E-state index in [0.717, 1.165) is 0 Å². The zero-order chi connectivity index (χ0) is 24.7. The molecule has 1 aliphatic carbocycles. The Labute approximate surface area is 209 Å². The predicted octanol–water partition coefficient (Wildman–Crippen LogP) is 9.51. The lowest BCUT2D eigenvalue weighted by Crippen LogP contribution is -2.17. The van der Waals surface area contributed by atoms with Crippen LogP contribution in [-0.2, 0) is 10.8 Å². The topological polar surface area (TPSA) is 4.93 Å². The van der Waals surface area contributed by atoms with Crippen molar-refractivity contribution in [2.45, 2.75) is 65.2 Å². The second-order valence-corrected chi connectivity index (χ2v) is 12.4. The van der Waals surface area contributed by atoms with Gasteiger partial charge in [-0.15, -0.1) is 0 Å². The van der Waals surface area contributed by atoms with Gasteiger partial charge in [-0.2, -0.15) is 0 Å². The Balaban J connectivity index is 1.79. The van der Waals surface area contributed by atoms with E-state index >= 15 is 0 Å². The second-order valence-electron chi connectivity index (χ2n) is 12.4. The molecule has 1 aliphatic rings. The third kappa shape index (κ3) is 3.36. The van der Waals surface area contributed by atoms with Crippen LogP contribution in [0.15, 0.2) is 78.9 Å². The number of hydrogen-bond donors (Lipinski definition) is 0. The highest BCUT2D eigenvalue weighted by atomic mass is 15.0. The van der Waals surface area contributed by atoms with Gasteiger partial charge in [-0.1, -0.05) is 103 Å². The Morgan fingerprint density at radius 3 is 1.89 bits per heavy atom. The van der Waals surface area contributed by atoms with Crippen molar-refractivity contribution in [3.05, 3.63) is 101 Å². The van der Waals surface area contributed by atoms with Crippen molar-refractivity contribution in [3.63, 3.8) is 0 Å². The first-order chi connectivity index (χ1) is 16.5. The molecule has 0 aliphatic heterocycles. The molecule has 1 heteroatoms. The van der Waals surface area contributed by atoms with Crippen LogP contribution < -0.4 is 0 Å². The first-order valence-electron chi connectivity index (χ1n) is 12.9. The molecule has 35 heavy (non-hydrogen) atoms. The van der Waals surface area contributed by atoms with Gasteiger partial charge in [0.05, 0.1) is 11.0 Å². The Hall–Kier alpha value is -3.32. The molecule has 0 N–H and O–H groups in total. The van der Waals surface area contributed by atoms with Crippen LogP contribution in [0.4, 0.5) is 0 Å². The summed E-state index contributed by atoms with van der Waals surface area (Å²) in [7, 11) is 0. The minimum atomic E-state index is 0.0711. The largest absolute Gasteiger partial charge is 0.309 e. The maximum absolute atomic E-state index is 2.52. The SMILES string of the molecule is CC1c2cccc(c2)-c2cccc3c2c2c1cccc2n3-c1cc(C(C)(C)C)cc(C(C)(C)C)c1. The molecule has 0 amide bonds. The van der Waals surface area contributed by atoms with Gasteiger partial charge < -0.3 is 4.57 Å². The zero-order valence-corrected chi connectivity index (χ0v) is 22.0. The lowest BCUT2D eigenvalue weighted by molar-refractivity contribution is 0.568. The quantitative estimate of drug-likeness (QED) is 0.236. The lowest BCUT2D eigenvalue weighted by atomic mass is 9.80. The molecule has 0 spiro atoms. The summed E-state index contributed by atoms with van der Waals surface area (Å²) in [5, 5.41) is 2.77. The third-order valence-corrected chi connectivity index (χ3v) is 7.92. The van der Waals surface area contributed by atoms with E-state index in [9.17, 15) is 0 Å². The van der Waals surface area contributed by atoms with Crippen molar-refractivity contribution in [3.8, 4) is 16.8 Å². The number of benzene rings is 4. The van der Waals surface area contributed by atoms with Crippen molar-refractivity contribution in [2.75, 3.05) is 0 Å². The lowest BCUT2D eigenvalue weighted by Gasteiger charge is -2.26. The van der Waals surface area contributed by atoms with E-state index < -0.39 is 0 Å². The van der Waals surface area contributed by atoms with Crippen LogP contribution in [0.1, 0.15) is 76.6 Å². The molecule has 1 unspecified atom stereocenters. The molecule has 1 aromatic heterocycles. The van der Waals surface area contributed by atoms with Crippen molar-refractivity contribution in [1.29, 1.82) is 0 Å². The van der Waals surface area contributed by atoms with E-state index in [-0.39, 0.29) is 10.8 Å². The van der Waals surface area contributed by atoms with E-state index in [1.165, 1.54) is 60.9 Å². The van der Waals surface area contributed by atoms with E-state index in [1.807, 2.05) is 0 Å². The van der Waals surface area contributed by atoms with Crippen molar-refractivity contribution in [2.24, 2.45) is 0 Å². The minimum Gasteiger partial charge on any atom is -0.309 e. The maximum atomic E-state index is 2.52. The molecule has 1 nitrogen and oxygen atoms in total. The van der Waals surface area contributed by atoms with Crippen LogP contribution in [0.3, 0.4) is 0 Å².